The summed E-state index contributed by atoms with van der Waals surface area (Å²) in [6.07, 6.45) is -0.623. The van der Waals surface area contributed by atoms with Gasteiger partial charge >= 0.3 is 12.1 Å². The molecule has 3 aromatic carbocycles. The van der Waals surface area contributed by atoms with E-state index in [1.807, 2.05) is 24.3 Å². The summed E-state index contributed by atoms with van der Waals surface area (Å²) in [4.78, 5) is 37.7. The third-order valence-corrected chi connectivity index (χ3v) is 7.00. The molecule has 0 bridgehead atoms. The molecule has 1 aliphatic heterocycles. The Morgan fingerprint density at radius 1 is 0.971 bits per heavy atom. The van der Waals surface area contributed by atoms with Crippen molar-refractivity contribution in [2.45, 2.75) is 5.92 Å². The quantitative estimate of drug-likeness (QED) is 0.495. The third kappa shape index (κ3) is 4.05. The van der Waals surface area contributed by atoms with Gasteiger partial charge in [-0.05, 0) is 56.4 Å². The lowest BCUT2D eigenvalue weighted by molar-refractivity contribution is -0.146. The van der Waals surface area contributed by atoms with Gasteiger partial charge in [0.25, 0.3) is 5.91 Å². The maximum Gasteiger partial charge on any atom is 0.411 e. The number of carbonyl (C=O) groups is 3. The summed E-state index contributed by atoms with van der Waals surface area (Å²) in [6.45, 7) is 0.541. The summed E-state index contributed by atoms with van der Waals surface area (Å²) < 4.78 is 6.19. The zero-order chi connectivity index (χ0) is 23.8. The van der Waals surface area contributed by atoms with Crippen molar-refractivity contribution in [3.05, 3.63) is 87.9 Å². The number of aliphatic carboxylic acids is 1. The van der Waals surface area contributed by atoms with Crippen LogP contribution in [0.1, 0.15) is 27.4 Å². The number of carboxylic acids is 1. The van der Waals surface area contributed by atoms with Gasteiger partial charge in [0.15, 0.2) is 0 Å². The molecule has 2 aliphatic rings. The Balaban J connectivity index is 1.25. The molecule has 8 heteroatoms. The number of benzene rings is 3. The highest BCUT2D eigenvalue weighted by Gasteiger charge is 2.36. The van der Waals surface area contributed by atoms with E-state index in [-0.39, 0.29) is 31.5 Å². The first kappa shape index (κ1) is 22.2. The Kier molecular flexibility index (Phi) is 5.83. The highest BCUT2D eigenvalue weighted by atomic mass is 79.9. The standard InChI is InChI=1S/C26H21BrN2O5/c27-22-10-9-15(24(30)29-12-16(13-29)25(31)32)11-23(22)28-26(33)34-14-21-19-7-3-1-5-17(19)18-6-2-4-8-20(18)21/h1-11,16,21H,12-14H2,(H,28,33)(H,31,32). The number of carboxylic acid groups (broad SMARTS) is 1. The molecule has 0 spiro atoms. The molecule has 7 nitrogen and oxygen atoms in total. The van der Waals surface area contributed by atoms with Gasteiger partial charge in [-0.2, -0.15) is 0 Å². The van der Waals surface area contributed by atoms with Gasteiger partial charge < -0.3 is 14.7 Å². The number of carbonyl (C=O) groups excluding carboxylic acids is 2. The van der Waals surface area contributed by atoms with Crippen LogP contribution in [0.2, 0.25) is 0 Å². The summed E-state index contributed by atoms with van der Waals surface area (Å²) in [6, 6.07) is 21.1. The van der Waals surface area contributed by atoms with E-state index in [2.05, 4.69) is 45.5 Å². The van der Waals surface area contributed by atoms with Crippen molar-refractivity contribution in [2.75, 3.05) is 25.0 Å². The van der Waals surface area contributed by atoms with Crippen LogP contribution in [0.15, 0.2) is 71.2 Å². The van der Waals surface area contributed by atoms with Crippen molar-refractivity contribution < 1.29 is 24.2 Å². The zero-order valence-electron chi connectivity index (χ0n) is 18.0. The number of anilines is 1. The van der Waals surface area contributed by atoms with Crippen LogP contribution in [0.3, 0.4) is 0 Å². The molecule has 2 N–H and O–H groups in total. The van der Waals surface area contributed by atoms with Crippen LogP contribution < -0.4 is 5.32 Å². The van der Waals surface area contributed by atoms with Crippen molar-refractivity contribution >= 4 is 39.6 Å². The number of rotatable bonds is 5. The van der Waals surface area contributed by atoms with Gasteiger partial charge in [-0.15, -0.1) is 0 Å². The minimum absolute atomic E-state index is 0.0527. The number of nitrogens with zero attached hydrogens (tertiary/aromatic N) is 1. The SMILES string of the molecule is O=C(Nc1cc(C(=O)N2CC(C(=O)O)C2)ccc1Br)OCC1c2ccccc2-c2ccccc21. The molecular formula is C26H21BrN2O5. The Hall–Kier alpha value is -3.65. The molecule has 0 unspecified atom stereocenters. The molecule has 0 saturated carbocycles. The molecule has 1 heterocycles. The van der Waals surface area contributed by atoms with E-state index in [4.69, 9.17) is 9.84 Å². The fourth-order valence-electron chi connectivity index (χ4n) is 4.48. The first-order valence-electron chi connectivity index (χ1n) is 10.9. The van der Waals surface area contributed by atoms with Gasteiger partial charge in [-0.3, -0.25) is 14.9 Å². The molecule has 5 rings (SSSR count). The highest BCUT2D eigenvalue weighted by Crippen LogP contribution is 2.44. The van der Waals surface area contributed by atoms with Crippen LogP contribution in [-0.4, -0.2) is 47.7 Å². The van der Waals surface area contributed by atoms with Gasteiger partial charge in [0.2, 0.25) is 0 Å². The molecule has 3 aromatic rings. The van der Waals surface area contributed by atoms with Crippen LogP contribution in [0.5, 0.6) is 0 Å². The second-order valence-electron chi connectivity index (χ2n) is 8.39. The third-order valence-electron chi connectivity index (χ3n) is 6.31. The molecule has 1 saturated heterocycles. The lowest BCUT2D eigenvalue weighted by atomic mass is 9.98. The maximum atomic E-state index is 12.7. The average molecular weight is 521 g/mol. The number of halogens is 1. The number of ether oxygens (including phenoxy) is 1. The minimum Gasteiger partial charge on any atom is -0.481 e. The maximum absolute atomic E-state index is 12.7. The Morgan fingerprint density at radius 2 is 1.59 bits per heavy atom. The van der Waals surface area contributed by atoms with Crippen LogP contribution in [0.4, 0.5) is 10.5 Å². The van der Waals surface area contributed by atoms with Gasteiger partial charge in [-0.1, -0.05) is 48.5 Å². The summed E-state index contributed by atoms with van der Waals surface area (Å²) in [5.41, 5.74) is 5.31. The van der Waals surface area contributed by atoms with E-state index < -0.39 is 18.0 Å². The molecule has 34 heavy (non-hydrogen) atoms. The number of hydrogen-bond donors (Lipinski definition) is 2. The first-order valence-corrected chi connectivity index (χ1v) is 11.7. The summed E-state index contributed by atoms with van der Waals surface area (Å²) in [5, 5.41) is 11.7. The van der Waals surface area contributed by atoms with Crippen molar-refractivity contribution in [2.24, 2.45) is 5.92 Å². The van der Waals surface area contributed by atoms with Gasteiger partial charge in [-0.25, -0.2) is 4.79 Å². The molecule has 1 fully saturated rings. The fraction of sp³-hybridized carbons (Fsp3) is 0.192. The zero-order valence-corrected chi connectivity index (χ0v) is 19.6. The predicted molar refractivity (Wildman–Crippen MR) is 130 cm³/mol. The Bertz CT molecular complexity index is 1260. The van der Waals surface area contributed by atoms with Crippen molar-refractivity contribution in [1.29, 1.82) is 0 Å². The largest absolute Gasteiger partial charge is 0.481 e. The molecule has 0 aromatic heterocycles. The van der Waals surface area contributed by atoms with Gasteiger partial charge in [0.1, 0.15) is 6.61 Å². The lowest BCUT2D eigenvalue weighted by Crippen LogP contribution is -2.53. The van der Waals surface area contributed by atoms with E-state index in [0.717, 1.165) is 22.3 Å². The highest BCUT2D eigenvalue weighted by molar-refractivity contribution is 9.10. The fourth-order valence-corrected chi connectivity index (χ4v) is 4.83. The molecule has 1 aliphatic carbocycles. The topological polar surface area (TPSA) is 95.9 Å². The van der Waals surface area contributed by atoms with E-state index in [0.29, 0.717) is 15.7 Å². The number of hydrogen-bond acceptors (Lipinski definition) is 4. The monoisotopic (exact) mass is 520 g/mol. The van der Waals surface area contributed by atoms with Crippen LogP contribution in [-0.2, 0) is 9.53 Å². The summed E-state index contributed by atoms with van der Waals surface area (Å²) in [7, 11) is 0. The first-order chi connectivity index (χ1) is 16.4. The lowest BCUT2D eigenvalue weighted by Gasteiger charge is -2.36. The second-order valence-corrected chi connectivity index (χ2v) is 9.24. The van der Waals surface area contributed by atoms with Crippen molar-refractivity contribution in [1.82, 2.24) is 4.90 Å². The number of nitrogens with one attached hydrogen (secondary N) is 1. The van der Waals surface area contributed by atoms with Crippen LogP contribution in [0.25, 0.3) is 11.1 Å². The number of fused-ring (bicyclic) bond motifs is 3. The van der Waals surface area contributed by atoms with Crippen molar-refractivity contribution in [3.8, 4) is 11.1 Å². The van der Waals surface area contributed by atoms with E-state index in [1.165, 1.54) is 4.90 Å². The van der Waals surface area contributed by atoms with Crippen molar-refractivity contribution in [3.63, 3.8) is 0 Å². The predicted octanol–water partition coefficient (Wildman–Crippen LogP) is 4.97. The van der Waals surface area contributed by atoms with E-state index >= 15 is 0 Å². The number of likely N-dealkylation sites (tertiary alicyclic amines) is 1. The molecular weight excluding hydrogens is 500 g/mol. The number of amides is 2. The molecule has 0 radical (unpaired) electrons. The molecule has 2 amide bonds. The summed E-state index contributed by atoms with van der Waals surface area (Å²) >= 11 is 3.39. The van der Waals surface area contributed by atoms with Crippen LogP contribution in [0, 0.1) is 5.92 Å². The average Bonchev–Trinajstić information content (AvgIpc) is 3.11. The van der Waals surface area contributed by atoms with E-state index in [9.17, 15) is 14.4 Å². The van der Waals surface area contributed by atoms with Gasteiger partial charge in [0.05, 0.1) is 11.6 Å². The Morgan fingerprint density at radius 3 is 2.21 bits per heavy atom. The smallest absolute Gasteiger partial charge is 0.411 e. The minimum atomic E-state index is -0.905. The molecule has 0 atom stereocenters. The molecule has 172 valence electrons. The van der Waals surface area contributed by atoms with E-state index in [1.54, 1.807) is 18.2 Å². The summed E-state index contributed by atoms with van der Waals surface area (Å²) in [5.74, 6) is -1.76. The normalized spacial score (nSPS) is 14.7. The van der Waals surface area contributed by atoms with Crippen LogP contribution >= 0.6 is 15.9 Å². The second kappa shape index (κ2) is 8.95. The van der Waals surface area contributed by atoms with Gasteiger partial charge in [0, 0.05) is 29.0 Å². The Labute approximate surface area is 204 Å².